The number of benzene rings is 3. The van der Waals surface area contributed by atoms with E-state index in [0.29, 0.717) is 18.8 Å². The molecule has 1 aliphatic rings. The molecule has 0 amide bonds. The van der Waals surface area contributed by atoms with E-state index in [4.69, 9.17) is 9.47 Å². The highest BCUT2D eigenvalue weighted by atomic mass is 16.6. The lowest BCUT2D eigenvalue weighted by Gasteiger charge is -2.25. The Bertz CT molecular complexity index is 1220. The average Bonchev–Trinajstić information content (AvgIpc) is 3.26. The van der Waals surface area contributed by atoms with Gasteiger partial charge in [0, 0.05) is 28.7 Å². The van der Waals surface area contributed by atoms with Crippen LogP contribution >= 0.6 is 0 Å². The molecular weight excluding hydrogens is 388 g/mol. The van der Waals surface area contributed by atoms with Gasteiger partial charge in [0.25, 0.3) is 0 Å². The van der Waals surface area contributed by atoms with Gasteiger partial charge in [-0.2, -0.15) is 0 Å². The number of nitrogens with one attached hydrogen (secondary N) is 2. The number of carbonyl (C=O) groups excluding carboxylic acids is 1. The van der Waals surface area contributed by atoms with Crippen LogP contribution in [0, 0.1) is 0 Å². The second kappa shape index (κ2) is 8.28. The maximum Gasteiger partial charge on any atom is 0.186 e. The Morgan fingerprint density at radius 1 is 0.903 bits per heavy atom. The number of hydrogen-bond donors (Lipinski definition) is 2. The van der Waals surface area contributed by atoms with Crippen LogP contribution in [0.15, 0.2) is 79.0 Å². The third-order valence-electron chi connectivity index (χ3n) is 5.73. The SMILES string of the molecule is CC(NC(C(=O)c1c[nH]c2ccccc12)c1ccccc1)c1ccc2c(c1)OCCO2. The zero-order valence-electron chi connectivity index (χ0n) is 17.3. The van der Waals surface area contributed by atoms with E-state index >= 15 is 0 Å². The third kappa shape index (κ3) is 3.80. The smallest absolute Gasteiger partial charge is 0.186 e. The summed E-state index contributed by atoms with van der Waals surface area (Å²) in [6.07, 6.45) is 1.80. The summed E-state index contributed by atoms with van der Waals surface area (Å²) in [4.78, 5) is 16.9. The molecule has 1 aromatic heterocycles. The molecule has 5 nitrogen and oxygen atoms in total. The lowest BCUT2D eigenvalue weighted by atomic mass is 9.95. The number of ketones is 1. The topological polar surface area (TPSA) is 63.4 Å². The van der Waals surface area contributed by atoms with Crippen molar-refractivity contribution in [3.8, 4) is 11.5 Å². The van der Waals surface area contributed by atoms with Crippen LogP contribution in [0.5, 0.6) is 11.5 Å². The minimum atomic E-state index is -0.483. The Hall–Kier alpha value is -3.57. The second-order valence-corrected chi connectivity index (χ2v) is 7.75. The minimum absolute atomic E-state index is 0.0352. The van der Waals surface area contributed by atoms with E-state index in [0.717, 1.165) is 33.5 Å². The fraction of sp³-hybridized carbons (Fsp3) is 0.192. The Balaban J connectivity index is 1.48. The molecule has 3 aromatic carbocycles. The molecule has 2 unspecified atom stereocenters. The predicted molar refractivity (Wildman–Crippen MR) is 121 cm³/mol. The van der Waals surface area contributed by atoms with E-state index in [-0.39, 0.29) is 11.8 Å². The van der Waals surface area contributed by atoms with Crippen LogP contribution in [-0.4, -0.2) is 24.0 Å². The molecule has 0 radical (unpaired) electrons. The predicted octanol–water partition coefficient (Wildman–Crippen LogP) is 5.21. The van der Waals surface area contributed by atoms with Crippen molar-refractivity contribution in [1.82, 2.24) is 10.3 Å². The van der Waals surface area contributed by atoms with Gasteiger partial charge in [0.2, 0.25) is 0 Å². The first-order chi connectivity index (χ1) is 15.2. The van der Waals surface area contributed by atoms with Gasteiger partial charge in [-0.25, -0.2) is 0 Å². The number of carbonyl (C=O) groups is 1. The molecule has 31 heavy (non-hydrogen) atoms. The number of hydrogen-bond acceptors (Lipinski definition) is 4. The standard InChI is InChI=1S/C26H24N2O3/c1-17(19-11-12-23-24(15-19)31-14-13-30-23)28-25(18-7-3-2-4-8-18)26(29)21-16-27-22-10-6-5-9-20(21)22/h2-12,15-17,25,27-28H,13-14H2,1H3. The van der Waals surface area contributed by atoms with E-state index < -0.39 is 6.04 Å². The average molecular weight is 412 g/mol. The van der Waals surface area contributed by atoms with Crippen LogP contribution in [0.4, 0.5) is 0 Å². The van der Waals surface area contributed by atoms with E-state index in [1.807, 2.05) is 72.8 Å². The fourth-order valence-corrected chi connectivity index (χ4v) is 4.08. The minimum Gasteiger partial charge on any atom is -0.486 e. The van der Waals surface area contributed by atoms with E-state index in [2.05, 4.69) is 17.2 Å². The molecule has 0 spiro atoms. The highest BCUT2D eigenvalue weighted by Gasteiger charge is 2.26. The quantitative estimate of drug-likeness (QED) is 0.427. The molecule has 5 rings (SSSR count). The summed E-state index contributed by atoms with van der Waals surface area (Å²) in [5.74, 6) is 1.54. The van der Waals surface area contributed by atoms with Crippen LogP contribution < -0.4 is 14.8 Å². The summed E-state index contributed by atoms with van der Waals surface area (Å²) in [6.45, 7) is 3.17. The molecule has 4 aromatic rings. The number of Topliss-reactive ketones (excluding diaryl/α,β-unsaturated/α-hetero) is 1. The number of aromatic amines is 1. The van der Waals surface area contributed by atoms with E-state index in [1.165, 1.54) is 0 Å². The second-order valence-electron chi connectivity index (χ2n) is 7.75. The van der Waals surface area contributed by atoms with Gasteiger partial charge in [-0.1, -0.05) is 54.6 Å². The molecule has 5 heteroatoms. The Kier molecular flexibility index (Phi) is 5.18. The highest BCUT2D eigenvalue weighted by molar-refractivity contribution is 6.10. The van der Waals surface area contributed by atoms with Gasteiger partial charge in [0.05, 0.1) is 6.04 Å². The Morgan fingerprint density at radius 2 is 1.65 bits per heavy atom. The van der Waals surface area contributed by atoms with Crippen molar-refractivity contribution in [2.45, 2.75) is 19.0 Å². The molecule has 2 heterocycles. The van der Waals surface area contributed by atoms with Crippen molar-refractivity contribution in [3.63, 3.8) is 0 Å². The monoisotopic (exact) mass is 412 g/mol. The van der Waals surface area contributed by atoms with Crippen LogP contribution in [-0.2, 0) is 0 Å². The summed E-state index contributed by atoms with van der Waals surface area (Å²) in [5.41, 5.74) is 3.61. The van der Waals surface area contributed by atoms with Crippen LogP contribution in [0.3, 0.4) is 0 Å². The molecule has 0 saturated heterocycles. The summed E-state index contributed by atoms with van der Waals surface area (Å²) >= 11 is 0. The first-order valence-electron chi connectivity index (χ1n) is 10.5. The lowest BCUT2D eigenvalue weighted by Crippen LogP contribution is -2.31. The Labute approximate surface area is 181 Å². The van der Waals surface area contributed by atoms with E-state index in [9.17, 15) is 4.79 Å². The van der Waals surface area contributed by atoms with Crippen LogP contribution in [0.25, 0.3) is 10.9 Å². The fourth-order valence-electron chi connectivity index (χ4n) is 4.08. The van der Waals surface area contributed by atoms with E-state index in [1.54, 1.807) is 6.20 Å². The number of para-hydroxylation sites is 1. The van der Waals surface area contributed by atoms with Crippen molar-refractivity contribution >= 4 is 16.7 Å². The number of H-pyrrole nitrogens is 1. The molecule has 2 atom stereocenters. The van der Waals surface area contributed by atoms with Crippen LogP contribution in [0.1, 0.15) is 40.5 Å². The first-order valence-corrected chi connectivity index (χ1v) is 10.5. The number of ether oxygens (including phenoxy) is 2. The van der Waals surface area contributed by atoms with Crippen molar-refractivity contribution in [2.24, 2.45) is 0 Å². The largest absolute Gasteiger partial charge is 0.486 e. The zero-order chi connectivity index (χ0) is 21.2. The zero-order valence-corrected chi connectivity index (χ0v) is 17.3. The normalized spacial score (nSPS) is 14.9. The van der Waals surface area contributed by atoms with Crippen molar-refractivity contribution in [2.75, 3.05) is 13.2 Å². The molecule has 156 valence electrons. The summed E-state index contributed by atoms with van der Waals surface area (Å²) < 4.78 is 11.4. The Morgan fingerprint density at radius 3 is 2.48 bits per heavy atom. The molecule has 2 N–H and O–H groups in total. The van der Waals surface area contributed by atoms with Gasteiger partial charge in [-0.3, -0.25) is 10.1 Å². The molecule has 0 aliphatic carbocycles. The van der Waals surface area contributed by atoms with Gasteiger partial charge >= 0.3 is 0 Å². The summed E-state index contributed by atoms with van der Waals surface area (Å²) in [5, 5.41) is 4.48. The number of aromatic nitrogens is 1. The maximum absolute atomic E-state index is 13.7. The molecular formula is C26H24N2O3. The van der Waals surface area contributed by atoms with Crippen molar-refractivity contribution in [3.05, 3.63) is 95.7 Å². The number of rotatable bonds is 6. The van der Waals surface area contributed by atoms with Crippen LogP contribution in [0.2, 0.25) is 0 Å². The third-order valence-corrected chi connectivity index (χ3v) is 5.73. The summed E-state index contributed by atoms with van der Waals surface area (Å²) in [6, 6.07) is 23.1. The van der Waals surface area contributed by atoms with Crippen molar-refractivity contribution < 1.29 is 14.3 Å². The van der Waals surface area contributed by atoms with Gasteiger partial charge in [0.15, 0.2) is 17.3 Å². The molecule has 1 aliphatic heterocycles. The lowest BCUT2D eigenvalue weighted by molar-refractivity contribution is 0.0938. The maximum atomic E-state index is 13.7. The van der Waals surface area contributed by atoms with Gasteiger partial charge in [-0.05, 0) is 36.2 Å². The van der Waals surface area contributed by atoms with Gasteiger partial charge in [-0.15, -0.1) is 0 Å². The molecule has 0 saturated carbocycles. The van der Waals surface area contributed by atoms with Gasteiger partial charge < -0.3 is 14.5 Å². The number of fused-ring (bicyclic) bond motifs is 2. The molecule has 0 bridgehead atoms. The highest BCUT2D eigenvalue weighted by Crippen LogP contribution is 2.34. The van der Waals surface area contributed by atoms with Gasteiger partial charge in [0.1, 0.15) is 13.2 Å². The van der Waals surface area contributed by atoms with Crippen molar-refractivity contribution in [1.29, 1.82) is 0 Å². The summed E-state index contributed by atoms with van der Waals surface area (Å²) in [7, 11) is 0. The first kappa shape index (κ1) is 19.4. The molecule has 0 fully saturated rings.